The smallest absolute Gasteiger partial charge is 0.0172 e. The molecular weight excluding hydrogens is 213 g/mol. The lowest BCUT2D eigenvalue weighted by Gasteiger charge is -2.07. The molecule has 0 N–H and O–H groups in total. The number of hydrogen-bond donors (Lipinski definition) is 0. The van der Waals surface area contributed by atoms with E-state index in [-0.39, 0.29) is 24.0 Å². The molecule has 0 atom stereocenters. The van der Waals surface area contributed by atoms with Crippen LogP contribution < -0.4 is 0 Å². The molecular formula is C6H12IN. The topological polar surface area (TPSA) is 3.24 Å². The van der Waals surface area contributed by atoms with E-state index in [1.54, 1.807) is 0 Å². The van der Waals surface area contributed by atoms with E-state index in [9.17, 15) is 0 Å². The maximum absolute atomic E-state index is 3.67. The summed E-state index contributed by atoms with van der Waals surface area (Å²) in [5.74, 6) is 0. The van der Waals surface area contributed by atoms with Gasteiger partial charge in [0.1, 0.15) is 0 Å². The van der Waals surface area contributed by atoms with Crippen LogP contribution in [-0.4, -0.2) is 18.0 Å². The van der Waals surface area contributed by atoms with Gasteiger partial charge in [0.05, 0.1) is 0 Å². The van der Waals surface area contributed by atoms with E-state index in [4.69, 9.17) is 0 Å². The van der Waals surface area contributed by atoms with Crippen LogP contribution in [0.1, 0.15) is 12.8 Å². The van der Waals surface area contributed by atoms with Gasteiger partial charge < -0.3 is 4.90 Å². The molecule has 1 aliphatic heterocycles. The molecule has 0 aliphatic carbocycles. The Bertz CT molecular complexity index is 66.9. The van der Waals surface area contributed by atoms with Crippen LogP contribution in [0.5, 0.6) is 0 Å². The molecule has 1 rings (SSSR count). The first-order chi connectivity index (χ1) is 3.43. The van der Waals surface area contributed by atoms with E-state index in [1.807, 2.05) is 6.20 Å². The summed E-state index contributed by atoms with van der Waals surface area (Å²) in [5, 5.41) is 0. The second kappa shape index (κ2) is 4.18. The summed E-state index contributed by atoms with van der Waals surface area (Å²) in [6.45, 7) is 6.12. The molecule has 1 aliphatic rings. The SMILES string of the molecule is C=CN1CCCC1.I. The van der Waals surface area contributed by atoms with E-state index in [2.05, 4.69) is 11.5 Å². The number of nitrogens with zero attached hydrogens (tertiary/aromatic N) is 1. The van der Waals surface area contributed by atoms with Crippen molar-refractivity contribution >= 4 is 24.0 Å². The molecule has 1 nitrogen and oxygen atoms in total. The maximum atomic E-state index is 3.67. The Morgan fingerprint density at radius 1 is 1.25 bits per heavy atom. The third-order valence-corrected chi connectivity index (χ3v) is 1.40. The van der Waals surface area contributed by atoms with Crippen molar-refractivity contribution in [2.75, 3.05) is 13.1 Å². The zero-order chi connectivity index (χ0) is 5.11. The van der Waals surface area contributed by atoms with Gasteiger partial charge in [0, 0.05) is 13.1 Å². The summed E-state index contributed by atoms with van der Waals surface area (Å²) >= 11 is 0. The Morgan fingerprint density at radius 2 is 1.75 bits per heavy atom. The predicted molar refractivity (Wildman–Crippen MR) is 46.4 cm³/mol. The van der Waals surface area contributed by atoms with Crippen molar-refractivity contribution < 1.29 is 0 Å². The van der Waals surface area contributed by atoms with Crippen molar-refractivity contribution in [1.82, 2.24) is 4.90 Å². The number of hydrogen-bond acceptors (Lipinski definition) is 1. The van der Waals surface area contributed by atoms with Crippen molar-refractivity contribution in [3.8, 4) is 0 Å². The van der Waals surface area contributed by atoms with Gasteiger partial charge in [0.15, 0.2) is 0 Å². The fourth-order valence-corrected chi connectivity index (χ4v) is 0.924. The van der Waals surface area contributed by atoms with E-state index in [1.165, 1.54) is 25.9 Å². The summed E-state index contributed by atoms with van der Waals surface area (Å²) in [6, 6.07) is 0. The fraction of sp³-hybridized carbons (Fsp3) is 0.667. The lowest BCUT2D eigenvalue weighted by atomic mass is 10.4. The zero-order valence-electron chi connectivity index (χ0n) is 4.97. The van der Waals surface area contributed by atoms with Gasteiger partial charge in [0.2, 0.25) is 0 Å². The summed E-state index contributed by atoms with van der Waals surface area (Å²) in [6.07, 6.45) is 4.63. The first kappa shape index (κ1) is 8.27. The summed E-state index contributed by atoms with van der Waals surface area (Å²) in [5.41, 5.74) is 0. The van der Waals surface area contributed by atoms with Gasteiger partial charge in [-0.25, -0.2) is 0 Å². The summed E-state index contributed by atoms with van der Waals surface area (Å²) in [4.78, 5) is 2.25. The third-order valence-electron chi connectivity index (χ3n) is 1.40. The molecule has 0 aromatic rings. The van der Waals surface area contributed by atoms with Crippen LogP contribution in [0.2, 0.25) is 0 Å². The molecule has 0 amide bonds. The molecule has 0 aromatic heterocycles. The highest BCUT2D eigenvalue weighted by molar-refractivity contribution is 14.0. The highest BCUT2D eigenvalue weighted by Crippen LogP contribution is 2.05. The summed E-state index contributed by atoms with van der Waals surface area (Å²) < 4.78 is 0. The van der Waals surface area contributed by atoms with Crippen LogP contribution in [0.3, 0.4) is 0 Å². The molecule has 0 aromatic carbocycles. The molecule has 48 valence electrons. The van der Waals surface area contributed by atoms with Gasteiger partial charge in [-0.3, -0.25) is 0 Å². The van der Waals surface area contributed by atoms with Crippen LogP contribution in [0.4, 0.5) is 0 Å². The fourth-order valence-electron chi connectivity index (χ4n) is 0.924. The van der Waals surface area contributed by atoms with E-state index >= 15 is 0 Å². The molecule has 0 radical (unpaired) electrons. The van der Waals surface area contributed by atoms with E-state index < -0.39 is 0 Å². The minimum absolute atomic E-state index is 0. The highest BCUT2D eigenvalue weighted by atomic mass is 127. The lowest BCUT2D eigenvalue weighted by Crippen LogP contribution is -2.08. The molecule has 1 fully saturated rings. The second-order valence-corrected chi connectivity index (χ2v) is 1.93. The summed E-state index contributed by atoms with van der Waals surface area (Å²) in [7, 11) is 0. The zero-order valence-corrected chi connectivity index (χ0v) is 7.30. The highest BCUT2D eigenvalue weighted by Gasteiger charge is 2.04. The van der Waals surface area contributed by atoms with Crippen LogP contribution in [0.15, 0.2) is 12.8 Å². The largest absolute Gasteiger partial charge is 0.378 e. The van der Waals surface area contributed by atoms with Gasteiger partial charge in [0.25, 0.3) is 0 Å². The Balaban J connectivity index is 0.000000490. The average molecular weight is 225 g/mol. The van der Waals surface area contributed by atoms with Gasteiger partial charge in [-0.05, 0) is 19.0 Å². The molecule has 1 heterocycles. The number of rotatable bonds is 1. The molecule has 0 unspecified atom stereocenters. The van der Waals surface area contributed by atoms with Gasteiger partial charge in [-0.2, -0.15) is 0 Å². The normalized spacial score (nSPS) is 17.8. The molecule has 0 saturated carbocycles. The molecule has 8 heavy (non-hydrogen) atoms. The van der Waals surface area contributed by atoms with Crippen molar-refractivity contribution in [1.29, 1.82) is 0 Å². The minimum atomic E-state index is 0. The van der Waals surface area contributed by atoms with Gasteiger partial charge in [-0.15, -0.1) is 24.0 Å². The molecule has 0 spiro atoms. The molecule has 1 saturated heterocycles. The van der Waals surface area contributed by atoms with Crippen molar-refractivity contribution in [2.45, 2.75) is 12.8 Å². The molecule has 0 bridgehead atoms. The van der Waals surface area contributed by atoms with Crippen LogP contribution in [0.25, 0.3) is 0 Å². The van der Waals surface area contributed by atoms with Crippen LogP contribution in [-0.2, 0) is 0 Å². The maximum Gasteiger partial charge on any atom is 0.0172 e. The van der Waals surface area contributed by atoms with Crippen molar-refractivity contribution in [3.63, 3.8) is 0 Å². The van der Waals surface area contributed by atoms with E-state index in [0.29, 0.717) is 0 Å². The monoisotopic (exact) mass is 225 g/mol. The molecule has 2 heteroatoms. The second-order valence-electron chi connectivity index (χ2n) is 1.93. The quantitative estimate of drug-likeness (QED) is 0.615. The first-order valence-corrected chi connectivity index (χ1v) is 2.80. The first-order valence-electron chi connectivity index (χ1n) is 2.80. The van der Waals surface area contributed by atoms with Crippen LogP contribution in [0, 0.1) is 0 Å². The Labute approximate surface area is 67.8 Å². The number of halogens is 1. The predicted octanol–water partition coefficient (Wildman–Crippen LogP) is 1.84. The van der Waals surface area contributed by atoms with Crippen LogP contribution >= 0.6 is 24.0 Å². The van der Waals surface area contributed by atoms with Gasteiger partial charge in [-0.1, -0.05) is 6.58 Å². The van der Waals surface area contributed by atoms with Crippen molar-refractivity contribution in [3.05, 3.63) is 12.8 Å². The van der Waals surface area contributed by atoms with Crippen molar-refractivity contribution in [2.24, 2.45) is 0 Å². The minimum Gasteiger partial charge on any atom is -0.378 e. The standard InChI is InChI=1S/C6H11N.HI/c1-2-7-5-3-4-6-7;/h2H,1,3-6H2;1H. The van der Waals surface area contributed by atoms with Gasteiger partial charge >= 0.3 is 0 Å². The van der Waals surface area contributed by atoms with E-state index in [0.717, 1.165) is 0 Å². The lowest BCUT2D eigenvalue weighted by molar-refractivity contribution is 0.469. The number of likely N-dealkylation sites (tertiary alicyclic amines) is 1. The Morgan fingerprint density at radius 3 is 2.00 bits per heavy atom. The Kier molecular flexibility index (Phi) is 4.32. The third kappa shape index (κ3) is 2.03. The Hall–Kier alpha value is 0.270. The average Bonchev–Trinajstić information content (AvgIpc) is 2.14.